The molecule has 0 amide bonds. The Bertz CT molecular complexity index is 787. The van der Waals surface area contributed by atoms with E-state index in [-0.39, 0.29) is 30.6 Å². The number of pyridine rings is 1. The second-order valence-corrected chi connectivity index (χ2v) is 6.15. The molecule has 0 fully saturated rings. The van der Waals surface area contributed by atoms with E-state index in [0.29, 0.717) is 12.2 Å². The molecule has 0 atom stereocenters. The average Bonchev–Trinajstić information content (AvgIpc) is 3.10. The molecular formula is C15H15F6N5OS. The van der Waals surface area contributed by atoms with Gasteiger partial charge in [0, 0.05) is 24.7 Å². The van der Waals surface area contributed by atoms with Gasteiger partial charge in [-0.05, 0) is 6.07 Å². The Labute approximate surface area is 159 Å². The van der Waals surface area contributed by atoms with Crippen LogP contribution in [0.3, 0.4) is 0 Å². The van der Waals surface area contributed by atoms with Gasteiger partial charge in [-0.2, -0.15) is 26.3 Å². The Hall–Kier alpha value is -2.57. The number of aromatic nitrogens is 2. The molecule has 0 aliphatic rings. The topological polar surface area (TPSA) is 71.4 Å². The quantitative estimate of drug-likeness (QED) is 0.320. The highest BCUT2D eigenvalue weighted by Crippen LogP contribution is 2.30. The molecule has 0 unspecified atom stereocenters. The summed E-state index contributed by atoms with van der Waals surface area (Å²) in [4.78, 5) is 10.9. The van der Waals surface area contributed by atoms with Gasteiger partial charge in [0.15, 0.2) is 11.7 Å². The van der Waals surface area contributed by atoms with E-state index in [9.17, 15) is 26.3 Å². The Morgan fingerprint density at radius 1 is 1.14 bits per heavy atom. The van der Waals surface area contributed by atoms with E-state index in [1.807, 2.05) is 0 Å². The van der Waals surface area contributed by atoms with Crippen LogP contribution in [0.15, 0.2) is 28.7 Å². The minimum atomic E-state index is -4.49. The molecule has 0 spiro atoms. The molecule has 2 N–H and O–H groups in total. The molecular weight excluding hydrogens is 412 g/mol. The van der Waals surface area contributed by atoms with Crippen LogP contribution in [0.1, 0.15) is 16.3 Å². The van der Waals surface area contributed by atoms with Gasteiger partial charge in [-0.1, -0.05) is 0 Å². The van der Waals surface area contributed by atoms with E-state index in [2.05, 4.69) is 25.6 Å². The first kappa shape index (κ1) is 21.7. The van der Waals surface area contributed by atoms with Gasteiger partial charge in [0.05, 0.1) is 18.7 Å². The van der Waals surface area contributed by atoms with Gasteiger partial charge >= 0.3 is 12.4 Å². The summed E-state index contributed by atoms with van der Waals surface area (Å²) in [7, 11) is 1.47. The summed E-state index contributed by atoms with van der Waals surface area (Å²) in [6.07, 6.45) is -8.28. The maximum Gasteiger partial charge on any atom is 0.434 e. The van der Waals surface area contributed by atoms with Gasteiger partial charge < -0.3 is 15.4 Å². The number of alkyl halides is 6. The van der Waals surface area contributed by atoms with Crippen molar-refractivity contribution in [3.05, 3.63) is 40.0 Å². The standard InChI is InChI=1S/C15H15F6N5OS/c1-22-13(25-7-12-26-10(8-28-12)15(19,20)21)23-4-5-27-11-3-2-9(6-24-11)14(16,17)18/h2-3,6,8H,4-5,7H2,1H3,(H2,22,23,25). The minimum Gasteiger partial charge on any atom is -0.476 e. The van der Waals surface area contributed by atoms with Crippen LogP contribution in [0, 0.1) is 0 Å². The van der Waals surface area contributed by atoms with Gasteiger partial charge in [0.25, 0.3) is 0 Å². The molecule has 0 radical (unpaired) electrons. The first-order valence-electron chi connectivity index (χ1n) is 7.72. The number of rotatable bonds is 6. The third-order valence-corrected chi connectivity index (χ3v) is 4.03. The van der Waals surface area contributed by atoms with Crippen molar-refractivity contribution in [2.75, 3.05) is 20.2 Å². The highest BCUT2D eigenvalue weighted by atomic mass is 32.1. The second-order valence-electron chi connectivity index (χ2n) is 5.21. The number of halogens is 6. The molecule has 28 heavy (non-hydrogen) atoms. The molecule has 154 valence electrons. The zero-order valence-corrected chi connectivity index (χ0v) is 15.2. The molecule has 0 aliphatic carbocycles. The van der Waals surface area contributed by atoms with Crippen molar-refractivity contribution >= 4 is 17.3 Å². The van der Waals surface area contributed by atoms with E-state index in [1.54, 1.807) is 0 Å². The van der Waals surface area contributed by atoms with Crippen LogP contribution >= 0.6 is 11.3 Å². The van der Waals surface area contributed by atoms with Crippen LogP contribution in [0.5, 0.6) is 5.88 Å². The Kier molecular flexibility index (Phi) is 7.05. The molecule has 2 aromatic heterocycles. The van der Waals surface area contributed by atoms with E-state index >= 15 is 0 Å². The molecule has 2 aromatic rings. The fraction of sp³-hybridized carbons (Fsp3) is 0.400. The predicted octanol–water partition coefficient (Wildman–Crippen LogP) is 3.32. The summed E-state index contributed by atoms with van der Waals surface area (Å²) in [6.45, 7) is 0.352. The Morgan fingerprint density at radius 3 is 2.43 bits per heavy atom. The second kappa shape index (κ2) is 9.08. The number of ether oxygens (including phenoxy) is 1. The lowest BCUT2D eigenvalue weighted by Crippen LogP contribution is -2.38. The maximum atomic E-state index is 12.5. The molecule has 2 heterocycles. The zero-order chi connectivity index (χ0) is 20.8. The van der Waals surface area contributed by atoms with Crippen LogP contribution in [-0.2, 0) is 18.9 Å². The zero-order valence-electron chi connectivity index (χ0n) is 14.4. The summed E-state index contributed by atoms with van der Waals surface area (Å²) < 4.78 is 80.0. The van der Waals surface area contributed by atoms with E-state index in [1.165, 1.54) is 7.05 Å². The first-order chi connectivity index (χ1) is 13.1. The first-order valence-corrected chi connectivity index (χ1v) is 8.59. The normalized spacial score (nSPS) is 12.8. The van der Waals surface area contributed by atoms with Crippen LogP contribution in [0.25, 0.3) is 0 Å². The van der Waals surface area contributed by atoms with E-state index < -0.39 is 23.6 Å². The highest BCUT2D eigenvalue weighted by Gasteiger charge is 2.33. The number of hydrogen-bond acceptors (Lipinski definition) is 5. The van der Waals surface area contributed by atoms with Crippen molar-refractivity contribution in [1.29, 1.82) is 0 Å². The summed E-state index contributed by atoms with van der Waals surface area (Å²) in [5.41, 5.74) is -1.83. The van der Waals surface area contributed by atoms with Crippen molar-refractivity contribution in [3.8, 4) is 5.88 Å². The summed E-state index contributed by atoms with van der Waals surface area (Å²) in [5, 5.41) is 6.81. The summed E-state index contributed by atoms with van der Waals surface area (Å²) in [6, 6.07) is 1.97. The molecule has 0 saturated heterocycles. The van der Waals surface area contributed by atoms with Crippen LogP contribution in [0.2, 0.25) is 0 Å². The number of guanidine groups is 1. The van der Waals surface area contributed by atoms with Gasteiger partial charge in [0.2, 0.25) is 5.88 Å². The van der Waals surface area contributed by atoms with Crippen molar-refractivity contribution in [3.63, 3.8) is 0 Å². The third kappa shape index (κ3) is 6.55. The highest BCUT2D eigenvalue weighted by molar-refractivity contribution is 7.09. The molecule has 0 bridgehead atoms. The molecule has 6 nitrogen and oxygen atoms in total. The predicted molar refractivity (Wildman–Crippen MR) is 90.1 cm³/mol. The number of nitrogens with zero attached hydrogens (tertiary/aromatic N) is 3. The summed E-state index contributed by atoms with van der Waals surface area (Å²) >= 11 is 0.868. The minimum absolute atomic E-state index is 0.0280. The monoisotopic (exact) mass is 427 g/mol. The molecule has 13 heteroatoms. The maximum absolute atomic E-state index is 12.5. The van der Waals surface area contributed by atoms with Crippen molar-refractivity contribution in [2.24, 2.45) is 4.99 Å². The number of thiazole rings is 1. The molecule has 2 rings (SSSR count). The third-order valence-electron chi connectivity index (χ3n) is 3.18. The molecule has 0 aliphatic heterocycles. The van der Waals surface area contributed by atoms with Gasteiger partial charge in [-0.3, -0.25) is 4.99 Å². The van der Waals surface area contributed by atoms with E-state index in [4.69, 9.17) is 4.74 Å². The Morgan fingerprint density at radius 2 is 1.89 bits per heavy atom. The van der Waals surface area contributed by atoms with Crippen molar-refractivity contribution < 1.29 is 31.1 Å². The molecule has 0 saturated carbocycles. The van der Waals surface area contributed by atoms with Gasteiger partial charge in [0.1, 0.15) is 11.6 Å². The summed E-state index contributed by atoms with van der Waals surface area (Å²) in [5.74, 6) is 0.327. The Balaban J connectivity index is 1.73. The number of hydrogen-bond donors (Lipinski definition) is 2. The number of aliphatic imine (C=N–C) groups is 1. The van der Waals surface area contributed by atoms with Crippen LogP contribution in [-0.4, -0.2) is 36.1 Å². The average molecular weight is 427 g/mol. The van der Waals surface area contributed by atoms with Crippen molar-refractivity contribution in [1.82, 2.24) is 20.6 Å². The van der Waals surface area contributed by atoms with Gasteiger partial charge in [-0.15, -0.1) is 11.3 Å². The van der Waals surface area contributed by atoms with Crippen LogP contribution in [0.4, 0.5) is 26.3 Å². The lowest BCUT2D eigenvalue weighted by Gasteiger charge is -2.12. The molecule has 0 aromatic carbocycles. The lowest BCUT2D eigenvalue weighted by molar-refractivity contribution is -0.141. The largest absolute Gasteiger partial charge is 0.476 e. The fourth-order valence-electron chi connectivity index (χ4n) is 1.86. The smallest absolute Gasteiger partial charge is 0.434 e. The SMILES string of the molecule is CN=C(NCCOc1ccc(C(F)(F)F)cn1)NCc1nc(C(F)(F)F)cs1. The fourth-order valence-corrected chi connectivity index (χ4v) is 2.60. The van der Waals surface area contributed by atoms with Crippen LogP contribution < -0.4 is 15.4 Å². The lowest BCUT2D eigenvalue weighted by atomic mass is 10.3. The van der Waals surface area contributed by atoms with Gasteiger partial charge in [-0.25, -0.2) is 9.97 Å². The number of nitrogens with one attached hydrogen (secondary N) is 2. The van der Waals surface area contributed by atoms with E-state index in [0.717, 1.165) is 28.8 Å². The van der Waals surface area contributed by atoms with Crippen molar-refractivity contribution in [2.45, 2.75) is 18.9 Å².